The highest BCUT2D eigenvalue weighted by molar-refractivity contribution is 5.10. The molecular weight excluding hydrogens is 224 g/mol. The van der Waals surface area contributed by atoms with Crippen LogP contribution in [0.4, 0.5) is 0 Å². The van der Waals surface area contributed by atoms with Crippen LogP contribution in [0, 0.1) is 17.8 Å². The lowest BCUT2D eigenvalue weighted by Crippen LogP contribution is -2.35. The van der Waals surface area contributed by atoms with Gasteiger partial charge in [0.1, 0.15) is 11.7 Å². The molecule has 0 aromatic heterocycles. The van der Waals surface area contributed by atoms with Crippen molar-refractivity contribution in [1.29, 1.82) is 0 Å². The first-order valence-electron chi connectivity index (χ1n) is 7.70. The van der Waals surface area contributed by atoms with E-state index < -0.39 is 0 Å². The van der Waals surface area contributed by atoms with Crippen LogP contribution in [-0.2, 0) is 9.47 Å². The van der Waals surface area contributed by atoms with Crippen molar-refractivity contribution in [2.45, 2.75) is 69.7 Å². The SMILES string of the molecule is C=C(OC1CCCC2OC12C)C1CCC2CC2C1. The molecule has 1 aliphatic heterocycles. The van der Waals surface area contributed by atoms with Crippen molar-refractivity contribution < 1.29 is 9.47 Å². The van der Waals surface area contributed by atoms with Crippen molar-refractivity contribution in [3.05, 3.63) is 12.3 Å². The predicted octanol–water partition coefficient (Wildman–Crippen LogP) is 3.66. The number of ether oxygens (including phenoxy) is 2. The summed E-state index contributed by atoms with van der Waals surface area (Å²) < 4.78 is 12.1. The van der Waals surface area contributed by atoms with Gasteiger partial charge in [0.25, 0.3) is 0 Å². The molecule has 0 radical (unpaired) electrons. The molecule has 0 aromatic rings. The monoisotopic (exact) mass is 248 g/mol. The molecule has 4 fully saturated rings. The van der Waals surface area contributed by atoms with E-state index in [1.165, 1.54) is 38.5 Å². The molecule has 3 aliphatic carbocycles. The van der Waals surface area contributed by atoms with Gasteiger partial charge in [0.15, 0.2) is 0 Å². The summed E-state index contributed by atoms with van der Waals surface area (Å²) in [5.74, 6) is 3.73. The number of hydrogen-bond acceptors (Lipinski definition) is 2. The zero-order chi connectivity index (χ0) is 12.3. The van der Waals surface area contributed by atoms with Crippen molar-refractivity contribution in [1.82, 2.24) is 0 Å². The molecule has 1 heterocycles. The molecule has 1 saturated heterocycles. The highest BCUT2D eigenvalue weighted by Crippen LogP contribution is 2.54. The smallest absolute Gasteiger partial charge is 0.129 e. The fourth-order valence-electron chi connectivity index (χ4n) is 4.27. The Hall–Kier alpha value is -0.500. The number of rotatable bonds is 3. The number of allylic oxidation sites excluding steroid dienone is 1. The minimum atomic E-state index is 0.0119. The van der Waals surface area contributed by atoms with E-state index in [1.807, 2.05) is 0 Å². The lowest BCUT2D eigenvalue weighted by atomic mass is 9.86. The summed E-state index contributed by atoms with van der Waals surface area (Å²) in [6, 6.07) is 0. The molecule has 6 unspecified atom stereocenters. The minimum Gasteiger partial charge on any atom is -0.492 e. The van der Waals surface area contributed by atoms with Gasteiger partial charge in [0.05, 0.1) is 11.9 Å². The van der Waals surface area contributed by atoms with Crippen LogP contribution in [0.5, 0.6) is 0 Å². The van der Waals surface area contributed by atoms with Crippen LogP contribution >= 0.6 is 0 Å². The summed E-state index contributed by atoms with van der Waals surface area (Å²) in [7, 11) is 0. The zero-order valence-electron chi connectivity index (χ0n) is 11.4. The molecule has 4 rings (SSSR count). The number of hydrogen-bond donors (Lipinski definition) is 0. The molecule has 0 N–H and O–H groups in total. The Morgan fingerprint density at radius 1 is 1.17 bits per heavy atom. The molecule has 6 atom stereocenters. The van der Waals surface area contributed by atoms with Gasteiger partial charge in [-0.1, -0.05) is 6.58 Å². The van der Waals surface area contributed by atoms with E-state index in [-0.39, 0.29) is 11.7 Å². The van der Waals surface area contributed by atoms with Crippen molar-refractivity contribution in [3.63, 3.8) is 0 Å². The van der Waals surface area contributed by atoms with E-state index in [9.17, 15) is 0 Å². The van der Waals surface area contributed by atoms with Gasteiger partial charge in [0.2, 0.25) is 0 Å². The predicted molar refractivity (Wildman–Crippen MR) is 70.1 cm³/mol. The highest BCUT2D eigenvalue weighted by Gasteiger charge is 2.60. The third-order valence-corrected chi connectivity index (χ3v) is 5.84. The van der Waals surface area contributed by atoms with Crippen molar-refractivity contribution in [2.24, 2.45) is 17.8 Å². The maximum Gasteiger partial charge on any atom is 0.129 e. The molecule has 100 valence electrons. The fraction of sp³-hybridized carbons (Fsp3) is 0.875. The van der Waals surface area contributed by atoms with E-state index in [4.69, 9.17) is 9.47 Å². The normalized spacial score (nSPS) is 53.1. The standard InChI is InChI=1S/C16H24O2/c1-10(11-6-7-12-9-13(12)8-11)17-14-4-3-5-15-16(14,2)18-15/h11-15H,1,3-9H2,2H3. The molecule has 2 nitrogen and oxygen atoms in total. The molecular formula is C16H24O2. The third kappa shape index (κ3) is 1.72. The summed E-state index contributed by atoms with van der Waals surface area (Å²) in [6.07, 6.45) is 9.83. The Morgan fingerprint density at radius 2 is 2.06 bits per heavy atom. The van der Waals surface area contributed by atoms with Crippen molar-refractivity contribution in [2.75, 3.05) is 0 Å². The Morgan fingerprint density at radius 3 is 2.89 bits per heavy atom. The summed E-state index contributed by atoms with van der Waals surface area (Å²) in [5.41, 5.74) is 0.0119. The minimum absolute atomic E-state index is 0.0119. The van der Waals surface area contributed by atoms with Gasteiger partial charge < -0.3 is 9.47 Å². The van der Waals surface area contributed by atoms with Crippen LogP contribution in [0.15, 0.2) is 12.3 Å². The van der Waals surface area contributed by atoms with Crippen molar-refractivity contribution in [3.8, 4) is 0 Å². The molecule has 2 heteroatoms. The highest BCUT2D eigenvalue weighted by atomic mass is 16.6. The largest absolute Gasteiger partial charge is 0.492 e. The van der Waals surface area contributed by atoms with E-state index in [2.05, 4.69) is 13.5 Å². The van der Waals surface area contributed by atoms with Gasteiger partial charge >= 0.3 is 0 Å². The molecule has 18 heavy (non-hydrogen) atoms. The Bertz CT molecular complexity index is 377. The quantitative estimate of drug-likeness (QED) is 0.561. The first-order valence-corrected chi connectivity index (χ1v) is 7.70. The zero-order valence-corrected chi connectivity index (χ0v) is 11.4. The van der Waals surface area contributed by atoms with Gasteiger partial charge in [0, 0.05) is 5.92 Å². The molecule has 0 spiro atoms. The van der Waals surface area contributed by atoms with E-state index in [0.717, 1.165) is 24.0 Å². The molecule has 0 bridgehead atoms. The number of epoxide rings is 1. The van der Waals surface area contributed by atoms with Crippen LogP contribution in [-0.4, -0.2) is 17.8 Å². The summed E-state index contributed by atoms with van der Waals surface area (Å²) in [4.78, 5) is 0. The maximum atomic E-state index is 6.24. The Balaban J connectivity index is 1.37. The van der Waals surface area contributed by atoms with Gasteiger partial charge in [-0.25, -0.2) is 0 Å². The second-order valence-corrected chi connectivity index (χ2v) is 7.06. The number of fused-ring (bicyclic) bond motifs is 2. The lowest BCUT2D eigenvalue weighted by molar-refractivity contribution is 0.0203. The molecule has 4 aliphatic rings. The topological polar surface area (TPSA) is 21.8 Å². The third-order valence-electron chi connectivity index (χ3n) is 5.84. The van der Waals surface area contributed by atoms with Gasteiger partial charge in [-0.15, -0.1) is 0 Å². The van der Waals surface area contributed by atoms with E-state index >= 15 is 0 Å². The van der Waals surface area contributed by atoms with E-state index in [0.29, 0.717) is 12.0 Å². The fourth-order valence-corrected chi connectivity index (χ4v) is 4.27. The van der Waals surface area contributed by atoms with Gasteiger partial charge in [-0.05, 0) is 63.7 Å². The Labute approximate surface area is 110 Å². The molecule has 3 saturated carbocycles. The van der Waals surface area contributed by atoms with Gasteiger partial charge in [-0.2, -0.15) is 0 Å². The molecule has 0 aromatic carbocycles. The van der Waals surface area contributed by atoms with Crippen LogP contribution in [0.1, 0.15) is 51.9 Å². The summed E-state index contributed by atoms with van der Waals surface area (Å²) in [6.45, 7) is 6.45. The average molecular weight is 248 g/mol. The Kier molecular flexibility index (Phi) is 2.36. The second kappa shape index (κ2) is 3.75. The van der Waals surface area contributed by atoms with Crippen LogP contribution in [0.3, 0.4) is 0 Å². The van der Waals surface area contributed by atoms with Gasteiger partial charge in [-0.3, -0.25) is 0 Å². The summed E-state index contributed by atoms with van der Waals surface area (Å²) in [5, 5.41) is 0. The van der Waals surface area contributed by atoms with Crippen LogP contribution in [0.2, 0.25) is 0 Å². The maximum absolute atomic E-state index is 6.24. The van der Waals surface area contributed by atoms with Crippen LogP contribution in [0.25, 0.3) is 0 Å². The molecule has 0 amide bonds. The lowest BCUT2D eigenvalue weighted by Gasteiger charge is -2.31. The first kappa shape index (κ1) is 11.3. The second-order valence-electron chi connectivity index (χ2n) is 7.06. The van der Waals surface area contributed by atoms with Crippen molar-refractivity contribution >= 4 is 0 Å². The van der Waals surface area contributed by atoms with Crippen LogP contribution < -0.4 is 0 Å². The average Bonchev–Trinajstić information content (AvgIpc) is 3.22. The summed E-state index contributed by atoms with van der Waals surface area (Å²) >= 11 is 0. The van der Waals surface area contributed by atoms with E-state index in [1.54, 1.807) is 0 Å². The first-order chi connectivity index (χ1) is 8.67.